The molecule has 1 aromatic rings. The average Bonchev–Trinajstić information content (AvgIpc) is 2.83. The van der Waals surface area contributed by atoms with Gasteiger partial charge in [-0.1, -0.05) is 37.8 Å². The number of aryl methyl sites for hydroxylation is 1. The standard InChI is InChI=1S/C20H29NO4/c1-15-8-7-11-18(14-15)24-13-12-19(22)25-16(2)20(23)21-17-9-5-3-4-6-10-17/h7-8,11,14,16-17H,3-6,9-10,12-13H2,1-2H3,(H,21,23)/t16-/m0/s1. The number of esters is 1. The van der Waals surface area contributed by atoms with Crippen LogP contribution in [0.1, 0.15) is 57.4 Å². The molecule has 0 aliphatic heterocycles. The number of rotatable bonds is 7. The van der Waals surface area contributed by atoms with Crippen molar-refractivity contribution in [2.75, 3.05) is 6.61 Å². The van der Waals surface area contributed by atoms with Gasteiger partial charge in [0, 0.05) is 6.04 Å². The van der Waals surface area contributed by atoms with Gasteiger partial charge in [-0.05, 0) is 44.4 Å². The molecule has 5 heteroatoms. The van der Waals surface area contributed by atoms with E-state index in [0.717, 1.165) is 37.0 Å². The van der Waals surface area contributed by atoms with E-state index in [4.69, 9.17) is 9.47 Å². The zero-order valence-electron chi connectivity index (χ0n) is 15.3. The van der Waals surface area contributed by atoms with E-state index in [2.05, 4.69) is 5.32 Å². The van der Waals surface area contributed by atoms with Gasteiger partial charge in [0.05, 0.1) is 13.0 Å². The first kappa shape index (κ1) is 19.3. The molecule has 0 aromatic heterocycles. The molecule has 0 heterocycles. The number of amides is 1. The van der Waals surface area contributed by atoms with Gasteiger partial charge in [-0.3, -0.25) is 9.59 Å². The molecule has 1 saturated carbocycles. The lowest BCUT2D eigenvalue weighted by Crippen LogP contribution is -2.42. The Morgan fingerprint density at radius 2 is 1.92 bits per heavy atom. The van der Waals surface area contributed by atoms with Crippen molar-refractivity contribution in [2.45, 2.75) is 70.9 Å². The maximum absolute atomic E-state index is 12.2. The second kappa shape index (κ2) is 10.1. The highest BCUT2D eigenvalue weighted by Gasteiger charge is 2.21. The number of nitrogens with one attached hydrogen (secondary N) is 1. The van der Waals surface area contributed by atoms with Crippen molar-refractivity contribution in [2.24, 2.45) is 0 Å². The molecule has 1 aromatic carbocycles. The minimum absolute atomic E-state index is 0.120. The first-order valence-electron chi connectivity index (χ1n) is 9.24. The number of carbonyl (C=O) groups excluding carboxylic acids is 2. The molecule has 0 saturated heterocycles. The van der Waals surface area contributed by atoms with Crippen LogP contribution in [0.3, 0.4) is 0 Å². The van der Waals surface area contributed by atoms with Crippen LogP contribution in [0.5, 0.6) is 5.75 Å². The molecule has 0 radical (unpaired) electrons. The molecule has 1 aliphatic carbocycles. The van der Waals surface area contributed by atoms with Crippen LogP contribution in [0, 0.1) is 6.92 Å². The molecule has 0 unspecified atom stereocenters. The van der Waals surface area contributed by atoms with Crippen LogP contribution in [0.25, 0.3) is 0 Å². The van der Waals surface area contributed by atoms with Crippen LogP contribution < -0.4 is 10.1 Å². The summed E-state index contributed by atoms with van der Waals surface area (Å²) in [5.41, 5.74) is 1.10. The first-order valence-corrected chi connectivity index (χ1v) is 9.24. The summed E-state index contributed by atoms with van der Waals surface area (Å²) in [6.45, 7) is 3.83. The number of hydrogen-bond acceptors (Lipinski definition) is 4. The summed E-state index contributed by atoms with van der Waals surface area (Å²) < 4.78 is 10.7. The minimum Gasteiger partial charge on any atom is -0.493 e. The maximum atomic E-state index is 12.2. The van der Waals surface area contributed by atoms with Gasteiger partial charge in [-0.2, -0.15) is 0 Å². The van der Waals surface area contributed by atoms with E-state index in [1.54, 1.807) is 6.92 Å². The summed E-state index contributed by atoms with van der Waals surface area (Å²) in [5.74, 6) is 0.1000. The van der Waals surface area contributed by atoms with Crippen molar-refractivity contribution < 1.29 is 19.1 Å². The topological polar surface area (TPSA) is 64.6 Å². The quantitative estimate of drug-likeness (QED) is 0.605. The van der Waals surface area contributed by atoms with Gasteiger partial charge in [0.1, 0.15) is 5.75 Å². The second-order valence-corrected chi connectivity index (χ2v) is 6.74. The Balaban J connectivity index is 1.67. The molecule has 1 atom stereocenters. The van der Waals surface area contributed by atoms with Crippen molar-refractivity contribution in [3.8, 4) is 5.75 Å². The third-order valence-electron chi connectivity index (χ3n) is 4.44. The van der Waals surface area contributed by atoms with Gasteiger partial charge >= 0.3 is 5.97 Å². The Kier molecular flexibility index (Phi) is 7.76. The van der Waals surface area contributed by atoms with Gasteiger partial charge in [0.15, 0.2) is 6.10 Å². The van der Waals surface area contributed by atoms with Crippen molar-refractivity contribution in [1.29, 1.82) is 0 Å². The molecule has 1 N–H and O–H groups in total. The van der Waals surface area contributed by atoms with Gasteiger partial charge in [0.2, 0.25) is 0 Å². The summed E-state index contributed by atoms with van der Waals surface area (Å²) >= 11 is 0. The van der Waals surface area contributed by atoms with E-state index < -0.39 is 12.1 Å². The van der Waals surface area contributed by atoms with Crippen LogP contribution in [-0.2, 0) is 14.3 Å². The Morgan fingerprint density at radius 3 is 2.60 bits per heavy atom. The van der Waals surface area contributed by atoms with Gasteiger partial charge in [0.25, 0.3) is 5.91 Å². The summed E-state index contributed by atoms with van der Waals surface area (Å²) in [5, 5.41) is 3.00. The van der Waals surface area contributed by atoms with E-state index in [1.165, 1.54) is 12.8 Å². The maximum Gasteiger partial charge on any atom is 0.310 e. The van der Waals surface area contributed by atoms with Crippen LogP contribution in [-0.4, -0.2) is 30.6 Å². The molecular weight excluding hydrogens is 318 g/mol. The minimum atomic E-state index is -0.769. The predicted octanol–water partition coefficient (Wildman–Crippen LogP) is 3.53. The molecule has 138 valence electrons. The lowest BCUT2D eigenvalue weighted by Gasteiger charge is -2.19. The number of hydrogen-bond donors (Lipinski definition) is 1. The van der Waals surface area contributed by atoms with Crippen LogP contribution in [0.4, 0.5) is 0 Å². The SMILES string of the molecule is Cc1cccc(OCCC(=O)O[C@@H](C)C(=O)NC2CCCCCC2)c1. The highest BCUT2D eigenvalue weighted by atomic mass is 16.5. The third kappa shape index (κ3) is 7.16. The molecule has 1 aliphatic rings. The summed E-state index contributed by atoms with van der Waals surface area (Å²) in [6.07, 6.45) is 6.14. The van der Waals surface area contributed by atoms with Crippen LogP contribution in [0.2, 0.25) is 0 Å². The normalized spacial score (nSPS) is 16.6. The molecule has 0 bridgehead atoms. The first-order chi connectivity index (χ1) is 12.0. The van der Waals surface area contributed by atoms with Crippen LogP contribution in [0.15, 0.2) is 24.3 Å². The Labute approximate surface area is 150 Å². The highest BCUT2D eigenvalue weighted by molar-refractivity contribution is 5.83. The monoisotopic (exact) mass is 347 g/mol. The average molecular weight is 347 g/mol. The number of benzene rings is 1. The molecule has 25 heavy (non-hydrogen) atoms. The fourth-order valence-corrected chi connectivity index (χ4v) is 3.01. The molecule has 1 amide bonds. The third-order valence-corrected chi connectivity index (χ3v) is 4.44. The molecule has 5 nitrogen and oxygen atoms in total. The van der Waals surface area contributed by atoms with Crippen molar-refractivity contribution in [3.63, 3.8) is 0 Å². The Bertz CT molecular complexity index is 565. The van der Waals surface area contributed by atoms with E-state index in [0.29, 0.717) is 0 Å². The van der Waals surface area contributed by atoms with Crippen molar-refractivity contribution in [1.82, 2.24) is 5.32 Å². The molecule has 2 rings (SSSR count). The molecule has 0 spiro atoms. The van der Waals surface area contributed by atoms with Crippen molar-refractivity contribution in [3.05, 3.63) is 29.8 Å². The number of carbonyl (C=O) groups is 2. The molecule has 1 fully saturated rings. The number of ether oxygens (including phenoxy) is 2. The fourth-order valence-electron chi connectivity index (χ4n) is 3.01. The van der Waals surface area contributed by atoms with Gasteiger partial charge in [-0.25, -0.2) is 0 Å². The fraction of sp³-hybridized carbons (Fsp3) is 0.600. The van der Waals surface area contributed by atoms with E-state index in [9.17, 15) is 9.59 Å². The van der Waals surface area contributed by atoms with E-state index in [1.807, 2.05) is 31.2 Å². The highest BCUT2D eigenvalue weighted by Crippen LogP contribution is 2.17. The zero-order valence-corrected chi connectivity index (χ0v) is 15.3. The summed E-state index contributed by atoms with van der Waals surface area (Å²) in [7, 11) is 0. The second-order valence-electron chi connectivity index (χ2n) is 6.74. The predicted molar refractivity (Wildman–Crippen MR) is 96.5 cm³/mol. The molecular formula is C20H29NO4. The largest absolute Gasteiger partial charge is 0.493 e. The van der Waals surface area contributed by atoms with Crippen LogP contribution >= 0.6 is 0 Å². The zero-order chi connectivity index (χ0) is 18.1. The van der Waals surface area contributed by atoms with Gasteiger partial charge in [-0.15, -0.1) is 0 Å². The Hall–Kier alpha value is -2.04. The lowest BCUT2D eigenvalue weighted by molar-refractivity contribution is -0.155. The summed E-state index contributed by atoms with van der Waals surface area (Å²) in [6, 6.07) is 7.86. The smallest absolute Gasteiger partial charge is 0.310 e. The lowest BCUT2D eigenvalue weighted by atomic mass is 10.1. The van der Waals surface area contributed by atoms with Gasteiger partial charge < -0.3 is 14.8 Å². The van der Waals surface area contributed by atoms with E-state index in [-0.39, 0.29) is 25.0 Å². The van der Waals surface area contributed by atoms with E-state index >= 15 is 0 Å². The Morgan fingerprint density at radius 1 is 1.20 bits per heavy atom. The summed E-state index contributed by atoms with van der Waals surface area (Å²) in [4.78, 5) is 24.1. The van der Waals surface area contributed by atoms with Crippen molar-refractivity contribution >= 4 is 11.9 Å².